The van der Waals surface area contributed by atoms with Gasteiger partial charge in [0, 0.05) is 11.0 Å². The third-order valence-electron chi connectivity index (χ3n) is 3.53. The predicted octanol–water partition coefficient (Wildman–Crippen LogP) is 3.96. The minimum atomic E-state index is -0.0765. The topological polar surface area (TPSA) is 51.0 Å². The molecule has 19 heavy (non-hydrogen) atoms. The molecule has 2 unspecified atom stereocenters. The first-order chi connectivity index (χ1) is 9.11. The van der Waals surface area contributed by atoms with Gasteiger partial charge in [0.05, 0.1) is 9.25 Å². The van der Waals surface area contributed by atoms with Gasteiger partial charge in [-0.05, 0) is 18.9 Å². The fraction of sp³-hybridized carbons (Fsp3) is 0.385. The van der Waals surface area contributed by atoms with Gasteiger partial charge in [0.15, 0.2) is 0 Å². The zero-order valence-electron chi connectivity index (χ0n) is 10.1. The summed E-state index contributed by atoms with van der Waals surface area (Å²) in [5.74, 6) is 0. The summed E-state index contributed by atoms with van der Waals surface area (Å²) in [7, 11) is 0. The Balaban J connectivity index is 2.47. The first-order valence-electron chi connectivity index (χ1n) is 6.17. The van der Waals surface area contributed by atoms with E-state index >= 15 is 0 Å². The average Bonchev–Trinajstić information content (AvgIpc) is 2.56. The molecule has 2 atom stereocenters. The van der Waals surface area contributed by atoms with Gasteiger partial charge in [-0.25, -0.2) is 0 Å². The number of halogens is 2. The van der Waals surface area contributed by atoms with Gasteiger partial charge in [-0.15, -0.1) is 0 Å². The maximum atomic E-state index is 12.5. The fourth-order valence-electron chi connectivity index (χ4n) is 2.60. The summed E-state index contributed by atoms with van der Waals surface area (Å²) in [4.78, 5) is 12.4. The van der Waals surface area contributed by atoms with E-state index in [2.05, 4.69) is 31.9 Å². The van der Waals surface area contributed by atoms with Crippen molar-refractivity contribution in [3.8, 4) is 0 Å². The van der Waals surface area contributed by atoms with E-state index < -0.39 is 0 Å². The van der Waals surface area contributed by atoms with E-state index in [0.29, 0.717) is 22.4 Å². The highest BCUT2D eigenvalue weighted by molar-refractivity contribution is 9.09. The summed E-state index contributed by atoms with van der Waals surface area (Å²) in [6.07, 6.45) is 2.68. The molecule has 1 heterocycles. The first-order valence-corrected chi connectivity index (χ1v) is 8.00. The molecule has 0 spiro atoms. The minimum Gasteiger partial charge on any atom is -0.805 e. The van der Waals surface area contributed by atoms with E-state index in [1.807, 2.05) is 0 Å². The Morgan fingerprint density at radius 3 is 2.68 bits per heavy atom. The Morgan fingerprint density at radius 1 is 1.21 bits per heavy atom. The van der Waals surface area contributed by atoms with Crippen LogP contribution in [0.4, 0.5) is 0 Å². The Kier molecular flexibility index (Phi) is 3.39. The molecule has 2 aromatic rings. The van der Waals surface area contributed by atoms with Crippen molar-refractivity contribution >= 4 is 42.9 Å². The molecule has 1 aromatic heterocycles. The fourth-order valence-corrected chi connectivity index (χ4v) is 4.09. The third kappa shape index (κ3) is 2.01. The van der Waals surface area contributed by atoms with Gasteiger partial charge in [-0.3, -0.25) is 0 Å². The number of benzene rings is 1. The molecule has 0 aliphatic heterocycles. The van der Waals surface area contributed by atoms with Gasteiger partial charge < -0.3 is 9.94 Å². The highest BCUT2D eigenvalue weighted by Gasteiger charge is 2.33. The average molecular weight is 388 g/mol. The maximum Gasteiger partial charge on any atom is 0.286 e. The normalized spacial score (nSPS) is 23.1. The van der Waals surface area contributed by atoms with Gasteiger partial charge in [0.2, 0.25) is 0 Å². The highest BCUT2D eigenvalue weighted by atomic mass is 79.9. The molecule has 4 nitrogen and oxygen atoms in total. The monoisotopic (exact) mass is 386 g/mol. The molecule has 0 N–H and O–H groups in total. The van der Waals surface area contributed by atoms with E-state index in [4.69, 9.17) is 0 Å². The molecule has 0 saturated heterocycles. The van der Waals surface area contributed by atoms with Crippen LogP contribution in [-0.4, -0.2) is 4.73 Å². The summed E-state index contributed by atoms with van der Waals surface area (Å²) < 4.78 is 1.80. The van der Waals surface area contributed by atoms with Crippen LogP contribution in [0.15, 0.2) is 24.3 Å². The molecule has 1 aliphatic carbocycles. The van der Waals surface area contributed by atoms with Crippen LogP contribution in [0, 0.1) is 10.1 Å². The van der Waals surface area contributed by atoms with Crippen LogP contribution in [0.25, 0.3) is 11.0 Å². The summed E-state index contributed by atoms with van der Waals surface area (Å²) >= 11 is 7.08. The number of fused-ring (bicyclic) bond motifs is 2. The second-order valence-electron chi connectivity index (χ2n) is 4.71. The number of rotatable bonds is 0. The summed E-state index contributed by atoms with van der Waals surface area (Å²) in [6, 6.07) is 6.92. The van der Waals surface area contributed by atoms with Crippen molar-refractivity contribution in [3.05, 3.63) is 45.8 Å². The van der Waals surface area contributed by atoms with E-state index in [-0.39, 0.29) is 9.65 Å². The SMILES string of the molecule is O=[n+]1c2c(n([O-])c3ccccc31)C(Br)CCCC2Br. The molecule has 0 radical (unpaired) electrons. The number of para-hydroxylation sites is 2. The van der Waals surface area contributed by atoms with Gasteiger partial charge in [0.25, 0.3) is 11.2 Å². The van der Waals surface area contributed by atoms with E-state index in [1.165, 1.54) is 0 Å². The molecule has 100 valence electrons. The van der Waals surface area contributed by atoms with E-state index in [1.54, 1.807) is 24.3 Å². The molecule has 6 heteroatoms. The zero-order chi connectivity index (χ0) is 13.6. The quantitative estimate of drug-likeness (QED) is 0.390. The van der Waals surface area contributed by atoms with Crippen LogP contribution >= 0.6 is 31.9 Å². The van der Waals surface area contributed by atoms with Crippen LogP contribution in [0.1, 0.15) is 40.3 Å². The standard InChI is InChI=1S/C13H12Br2N2O2/c14-8-4-3-5-9(15)13-12(8)16(18)10-6-1-2-7-11(10)17(13)19/h1-2,6-9H,3-5H2. The second kappa shape index (κ2) is 4.90. The molecular weight excluding hydrogens is 376 g/mol. The minimum absolute atomic E-state index is 0.0765. The number of hydrogen-bond acceptors (Lipinski definition) is 2. The number of alkyl halides is 2. The van der Waals surface area contributed by atoms with Crippen LogP contribution in [0.5, 0.6) is 0 Å². The maximum absolute atomic E-state index is 12.5. The first kappa shape index (κ1) is 13.1. The van der Waals surface area contributed by atoms with Crippen LogP contribution in [0.3, 0.4) is 0 Å². The molecule has 0 bridgehead atoms. The Hall–Kier alpha value is -0.880. The Morgan fingerprint density at radius 2 is 1.89 bits per heavy atom. The van der Waals surface area contributed by atoms with Gasteiger partial charge in [-0.1, -0.05) is 50.4 Å². The van der Waals surface area contributed by atoms with Gasteiger partial charge in [0.1, 0.15) is 16.0 Å². The molecule has 1 aromatic carbocycles. The van der Waals surface area contributed by atoms with Gasteiger partial charge in [-0.2, -0.15) is 0 Å². The van der Waals surface area contributed by atoms with Crippen molar-refractivity contribution in [1.82, 2.24) is 4.73 Å². The summed E-state index contributed by atoms with van der Waals surface area (Å²) in [6.45, 7) is 0. The second-order valence-corrected chi connectivity index (χ2v) is 6.92. The lowest BCUT2D eigenvalue weighted by atomic mass is 10.2. The largest absolute Gasteiger partial charge is 0.805 e. The summed E-state index contributed by atoms with van der Waals surface area (Å²) in [5, 5.41) is 12.5. The van der Waals surface area contributed by atoms with Crippen molar-refractivity contribution in [1.29, 1.82) is 0 Å². The van der Waals surface area contributed by atoms with Gasteiger partial charge >= 0.3 is 0 Å². The molecule has 3 rings (SSSR count). The lowest BCUT2D eigenvalue weighted by Crippen LogP contribution is -2.28. The number of hydrogen-bond donors (Lipinski definition) is 0. The van der Waals surface area contributed by atoms with E-state index in [0.717, 1.165) is 28.4 Å². The van der Waals surface area contributed by atoms with Crippen LogP contribution in [0.2, 0.25) is 0 Å². The zero-order valence-corrected chi connectivity index (χ0v) is 13.2. The van der Waals surface area contributed by atoms with Crippen molar-refractivity contribution in [2.45, 2.75) is 28.9 Å². The highest BCUT2D eigenvalue weighted by Crippen LogP contribution is 2.41. The van der Waals surface area contributed by atoms with Crippen molar-refractivity contribution in [3.63, 3.8) is 0 Å². The number of aromatic nitrogens is 2. The van der Waals surface area contributed by atoms with Crippen molar-refractivity contribution < 1.29 is 4.43 Å². The lowest BCUT2D eigenvalue weighted by Gasteiger charge is -2.21. The number of nitrogens with zero attached hydrogens (tertiary/aromatic N) is 2. The Labute approximate surface area is 126 Å². The van der Waals surface area contributed by atoms with Crippen molar-refractivity contribution in [2.75, 3.05) is 0 Å². The van der Waals surface area contributed by atoms with E-state index in [9.17, 15) is 10.1 Å². The molecule has 0 amide bonds. The Bertz CT molecular complexity index is 699. The van der Waals surface area contributed by atoms with Crippen molar-refractivity contribution in [2.24, 2.45) is 0 Å². The molecule has 0 saturated carbocycles. The van der Waals surface area contributed by atoms with Crippen LogP contribution in [-0.2, 0) is 0 Å². The third-order valence-corrected chi connectivity index (χ3v) is 5.31. The predicted molar refractivity (Wildman–Crippen MR) is 81.3 cm³/mol. The molecule has 0 fully saturated rings. The smallest absolute Gasteiger partial charge is 0.286 e. The lowest BCUT2D eigenvalue weighted by molar-refractivity contribution is -0.476. The van der Waals surface area contributed by atoms with Crippen LogP contribution < -0.4 is 4.43 Å². The molecular formula is C13H12Br2N2O2. The molecule has 1 aliphatic rings. The summed E-state index contributed by atoms with van der Waals surface area (Å²) in [5.41, 5.74) is 1.91.